The van der Waals surface area contributed by atoms with Gasteiger partial charge in [0.15, 0.2) is 5.76 Å². The number of benzene rings is 1. The summed E-state index contributed by atoms with van der Waals surface area (Å²) in [4.78, 5) is 38.6. The number of esters is 1. The normalized spacial score (nSPS) is 10.6. The van der Waals surface area contributed by atoms with Crippen LogP contribution in [-0.2, 0) is 11.3 Å². The molecule has 3 aromatic rings. The third-order valence-corrected chi connectivity index (χ3v) is 3.89. The van der Waals surface area contributed by atoms with E-state index in [2.05, 4.69) is 9.72 Å². The van der Waals surface area contributed by atoms with E-state index < -0.39 is 27.7 Å². The van der Waals surface area contributed by atoms with Gasteiger partial charge in [-0.05, 0) is 12.1 Å². The van der Waals surface area contributed by atoms with Gasteiger partial charge in [0.05, 0.1) is 24.4 Å². The largest absolute Gasteiger partial charge is 0.465 e. The van der Waals surface area contributed by atoms with E-state index in [1.807, 2.05) is 0 Å². The van der Waals surface area contributed by atoms with Gasteiger partial charge in [0.2, 0.25) is 5.89 Å². The van der Waals surface area contributed by atoms with Crippen molar-refractivity contribution in [2.45, 2.75) is 6.54 Å². The number of oxazole rings is 1. The number of halogens is 1. The van der Waals surface area contributed by atoms with E-state index in [1.165, 1.54) is 6.20 Å². The lowest BCUT2D eigenvalue weighted by Crippen LogP contribution is -2.27. The van der Waals surface area contributed by atoms with Crippen molar-refractivity contribution in [2.75, 3.05) is 7.11 Å². The first kappa shape index (κ1) is 18.3. The SMILES string of the molecule is COC(=O)c1cc([N+](=O)[O-])cn(Cc2ncc(-c3cccc(Cl)c3)o2)c1=O. The summed E-state index contributed by atoms with van der Waals surface area (Å²) >= 11 is 5.94. The van der Waals surface area contributed by atoms with E-state index in [9.17, 15) is 19.7 Å². The van der Waals surface area contributed by atoms with Crippen LogP contribution in [0, 0.1) is 10.1 Å². The summed E-state index contributed by atoms with van der Waals surface area (Å²) in [6, 6.07) is 7.77. The Kier molecular flexibility index (Phi) is 5.04. The van der Waals surface area contributed by atoms with Gasteiger partial charge in [-0.25, -0.2) is 9.78 Å². The number of rotatable bonds is 5. The Morgan fingerprint density at radius 3 is 2.85 bits per heavy atom. The van der Waals surface area contributed by atoms with Crippen molar-refractivity contribution in [3.05, 3.63) is 79.7 Å². The van der Waals surface area contributed by atoms with Crippen molar-refractivity contribution >= 4 is 23.3 Å². The lowest BCUT2D eigenvalue weighted by Gasteiger charge is -2.05. The van der Waals surface area contributed by atoms with Crippen molar-refractivity contribution in [1.29, 1.82) is 0 Å². The lowest BCUT2D eigenvalue weighted by molar-refractivity contribution is -0.385. The molecule has 2 aromatic heterocycles. The molecule has 0 fully saturated rings. The van der Waals surface area contributed by atoms with Crippen molar-refractivity contribution < 1.29 is 18.9 Å². The molecule has 0 radical (unpaired) electrons. The van der Waals surface area contributed by atoms with Crippen molar-refractivity contribution in [2.24, 2.45) is 0 Å². The zero-order valence-corrected chi connectivity index (χ0v) is 14.7. The third-order valence-electron chi connectivity index (χ3n) is 3.66. The third kappa shape index (κ3) is 3.87. The highest BCUT2D eigenvalue weighted by molar-refractivity contribution is 6.30. The van der Waals surface area contributed by atoms with Crippen LogP contribution in [0.15, 0.2) is 51.9 Å². The molecule has 2 heterocycles. The molecule has 0 aliphatic rings. The summed E-state index contributed by atoms with van der Waals surface area (Å²) in [5, 5.41) is 11.6. The fourth-order valence-corrected chi connectivity index (χ4v) is 2.59. The first-order valence-corrected chi connectivity index (χ1v) is 7.94. The molecule has 0 atom stereocenters. The van der Waals surface area contributed by atoms with E-state index in [1.54, 1.807) is 24.3 Å². The summed E-state index contributed by atoms with van der Waals surface area (Å²) in [7, 11) is 1.08. The predicted molar refractivity (Wildman–Crippen MR) is 94.7 cm³/mol. The van der Waals surface area contributed by atoms with Gasteiger partial charge in [0.25, 0.3) is 11.2 Å². The molecule has 138 valence electrons. The summed E-state index contributed by atoms with van der Waals surface area (Å²) < 4.78 is 11.1. The van der Waals surface area contributed by atoms with Crippen LogP contribution in [0.5, 0.6) is 0 Å². The quantitative estimate of drug-likeness (QED) is 0.374. The number of hydrogen-bond acceptors (Lipinski definition) is 7. The maximum atomic E-state index is 12.4. The second-order valence-corrected chi connectivity index (χ2v) is 5.86. The fraction of sp³-hybridized carbons (Fsp3) is 0.118. The number of nitro groups is 1. The Morgan fingerprint density at radius 1 is 1.41 bits per heavy atom. The minimum atomic E-state index is -0.968. The molecular weight excluding hydrogens is 378 g/mol. The molecule has 1 aromatic carbocycles. The second-order valence-electron chi connectivity index (χ2n) is 5.42. The predicted octanol–water partition coefficient (Wildman–Crippen LogP) is 2.90. The zero-order valence-electron chi connectivity index (χ0n) is 13.9. The lowest BCUT2D eigenvalue weighted by atomic mass is 10.2. The Bertz CT molecular complexity index is 1090. The minimum Gasteiger partial charge on any atom is -0.465 e. The second kappa shape index (κ2) is 7.42. The number of aromatic nitrogens is 2. The minimum absolute atomic E-state index is 0.128. The van der Waals surface area contributed by atoms with Crippen molar-refractivity contribution in [3.63, 3.8) is 0 Å². The number of carbonyl (C=O) groups is 1. The standard InChI is InChI=1S/C17H12ClN3O6/c1-26-17(23)13-6-12(21(24)25)8-20(16(13)22)9-15-19-7-14(27-15)10-3-2-4-11(18)5-10/h2-8H,9H2,1H3. The highest BCUT2D eigenvalue weighted by Gasteiger charge is 2.20. The first-order valence-electron chi connectivity index (χ1n) is 7.57. The van der Waals surface area contributed by atoms with Gasteiger partial charge in [-0.1, -0.05) is 23.7 Å². The Labute approximate surface area is 156 Å². The average Bonchev–Trinajstić information content (AvgIpc) is 3.11. The van der Waals surface area contributed by atoms with Crippen LogP contribution in [0.1, 0.15) is 16.2 Å². The molecule has 0 N–H and O–H groups in total. The molecule has 0 unspecified atom stereocenters. The summed E-state index contributed by atoms with van der Waals surface area (Å²) in [6.07, 6.45) is 2.46. The maximum absolute atomic E-state index is 12.4. The molecule has 0 saturated heterocycles. The Morgan fingerprint density at radius 2 is 2.19 bits per heavy atom. The smallest absolute Gasteiger partial charge is 0.343 e. The van der Waals surface area contributed by atoms with Gasteiger partial charge in [-0.3, -0.25) is 19.5 Å². The van der Waals surface area contributed by atoms with E-state index in [4.69, 9.17) is 16.0 Å². The van der Waals surface area contributed by atoms with E-state index in [0.717, 1.165) is 23.9 Å². The van der Waals surface area contributed by atoms with Gasteiger partial charge in [-0.2, -0.15) is 0 Å². The number of hydrogen-bond donors (Lipinski definition) is 0. The summed E-state index contributed by atoms with van der Waals surface area (Å²) in [6.45, 7) is -0.203. The zero-order chi connectivity index (χ0) is 19.6. The highest BCUT2D eigenvalue weighted by Crippen LogP contribution is 2.23. The molecular formula is C17H12ClN3O6. The van der Waals surface area contributed by atoms with Crippen LogP contribution >= 0.6 is 11.6 Å². The van der Waals surface area contributed by atoms with Crippen molar-refractivity contribution in [1.82, 2.24) is 9.55 Å². The number of nitrogens with zero attached hydrogens (tertiary/aromatic N) is 3. The molecule has 0 spiro atoms. The van der Waals surface area contributed by atoms with E-state index >= 15 is 0 Å². The fourth-order valence-electron chi connectivity index (χ4n) is 2.40. The number of ether oxygens (including phenoxy) is 1. The van der Waals surface area contributed by atoms with Gasteiger partial charge in [0, 0.05) is 16.7 Å². The van der Waals surface area contributed by atoms with Crippen LogP contribution in [-0.4, -0.2) is 27.6 Å². The molecule has 3 rings (SSSR count). The van der Waals surface area contributed by atoms with Crippen LogP contribution in [0.2, 0.25) is 5.02 Å². The molecule has 0 aliphatic heterocycles. The Balaban J connectivity index is 1.98. The molecule has 27 heavy (non-hydrogen) atoms. The maximum Gasteiger partial charge on any atom is 0.343 e. The molecule has 0 aliphatic carbocycles. The van der Waals surface area contributed by atoms with Crippen LogP contribution in [0.25, 0.3) is 11.3 Å². The highest BCUT2D eigenvalue weighted by atomic mass is 35.5. The van der Waals surface area contributed by atoms with Crippen molar-refractivity contribution in [3.8, 4) is 11.3 Å². The molecule has 10 heteroatoms. The average molecular weight is 390 g/mol. The molecule has 0 saturated carbocycles. The van der Waals surface area contributed by atoms with Gasteiger partial charge < -0.3 is 9.15 Å². The Hall–Kier alpha value is -3.46. The topological polar surface area (TPSA) is 117 Å². The van der Waals surface area contributed by atoms with Crippen LogP contribution < -0.4 is 5.56 Å². The van der Waals surface area contributed by atoms with Gasteiger partial charge in [0.1, 0.15) is 12.1 Å². The monoisotopic (exact) mass is 389 g/mol. The molecule has 9 nitrogen and oxygen atoms in total. The number of carbonyl (C=O) groups excluding carboxylic acids is 1. The summed E-state index contributed by atoms with van der Waals surface area (Å²) in [5.41, 5.74) is -0.956. The molecule has 0 bridgehead atoms. The first-order chi connectivity index (χ1) is 12.9. The van der Waals surface area contributed by atoms with Gasteiger partial charge >= 0.3 is 5.97 Å². The van der Waals surface area contributed by atoms with E-state index in [0.29, 0.717) is 16.3 Å². The number of methoxy groups -OCH3 is 1. The number of pyridine rings is 1. The van der Waals surface area contributed by atoms with Gasteiger partial charge in [-0.15, -0.1) is 0 Å². The summed E-state index contributed by atoms with van der Waals surface area (Å²) in [5.74, 6) is -0.424. The van der Waals surface area contributed by atoms with E-state index in [-0.39, 0.29) is 12.4 Å². The molecule has 0 amide bonds. The van der Waals surface area contributed by atoms with Crippen LogP contribution in [0.3, 0.4) is 0 Å². The van der Waals surface area contributed by atoms with Crippen LogP contribution in [0.4, 0.5) is 5.69 Å².